The summed E-state index contributed by atoms with van der Waals surface area (Å²) < 4.78 is 4.52. The largest absolute Gasteiger partial charge is 0.464 e. The minimum Gasteiger partial charge on any atom is -0.464 e. The van der Waals surface area contributed by atoms with Crippen LogP contribution in [0.4, 0.5) is 0 Å². The molecular weight excluding hydrogens is 368 g/mol. The molecule has 1 aromatic carbocycles. The highest BCUT2D eigenvalue weighted by molar-refractivity contribution is 6.07. The van der Waals surface area contributed by atoms with E-state index < -0.39 is 11.9 Å². The zero-order valence-corrected chi connectivity index (χ0v) is 17.3. The lowest BCUT2D eigenvalue weighted by Gasteiger charge is -2.35. The molecule has 1 fully saturated rings. The van der Waals surface area contributed by atoms with Crippen LogP contribution >= 0.6 is 0 Å². The van der Waals surface area contributed by atoms with Gasteiger partial charge in [0.15, 0.2) is 0 Å². The maximum Gasteiger partial charge on any atom is 0.353 e. The Morgan fingerprint density at radius 3 is 2.48 bits per heavy atom. The number of hydrogen-bond donors (Lipinski definition) is 1. The molecule has 0 aromatic heterocycles. The number of benzene rings is 1. The number of carbonyl (C=O) groups is 3. The molecule has 2 amide bonds. The van der Waals surface area contributed by atoms with Gasteiger partial charge in [0.05, 0.1) is 13.7 Å². The molecule has 6 nitrogen and oxygen atoms in total. The standard InChI is InChI=1S/C23H28N2O4/c1-14(22(28)29-5)24-20(26)15(2)25-13-19-17(7-6-8-18(19)21(25)27)16-9-11-23(3,4)12-10-16/h6-8,16H,1-2,9-13H2,3-5H3,(H,24,26). The van der Waals surface area contributed by atoms with Crippen molar-refractivity contribution in [3.63, 3.8) is 0 Å². The summed E-state index contributed by atoms with van der Waals surface area (Å²) >= 11 is 0. The molecule has 2 aliphatic rings. The van der Waals surface area contributed by atoms with Crippen LogP contribution in [-0.2, 0) is 20.9 Å². The van der Waals surface area contributed by atoms with Gasteiger partial charge in [-0.15, -0.1) is 0 Å². The fourth-order valence-corrected chi connectivity index (χ4v) is 4.17. The molecule has 1 heterocycles. The number of nitrogens with one attached hydrogen (secondary N) is 1. The van der Waals surface area contributed by atoms with Crippen molar-refractivity contribution in [3.8, 4) is 0 Å². The lowest BCUT2D eigenvalue weighted by atomic mass is 9.70. The van der Waals surface area contributed by atoms with Crippen molar-refractivity contribution < 1.29 is 19.1 Å². The van der Waals surface area contributed by atoms with Crippen molar-refractivity contribution in [1.29, 1.82) is 0 Å². The highest BCUT2D eigenvalue weighted by atomic mass is 16.5. The van der Waals surface area contributed by atoms with Crippen LogP contribution in [0.5, 0.6) is 0 Å². The van der Waals surface area contributed by atoms with Gasteiger partial charge >= 0.3 is 5.97 Å². The lowest BCUT2D eigenvalue weighted by molar-refractivity contribution is -0.137. The van der Waals surface area contributed by atoms with Crippen LogP contribution in [0.15, 0.2) is 42.8 Å². The summed E-state index contributed by atoms with van der Waals surface area (Å²) in [6, 6.07) is 5.81. The third kappa shape index (κ3) is 4.11. The molecule has 0 atom stereocenters. The van der Waals surface area contributed by atoms with Crippen molar-refractivity contribution in [3.05, 3.63) is 59.4 Å². The van der Waals surface area contributed by atoms with Gasteiger partial charge in [-0.3, -0.25) is 14.5 Å². The van der Waals surface area contributed by atoms with Gasteiger partial charge in [-0.2, -0.15) is 0 Å². The van der Waals surface area contributed by atoms with Crippen molar-refractivity contribution in [1.82, 2.24) is 10.2 Å². The molecule has 29 heavy (non-hydrogen) atoms. The van der Waals surface area contributed by atoms with Crippen molar-refractivity contribution >= 4 is 17.8 Å². The molecule has 1 N–H and O–H groups in total. The van der Waals surface area contributed by atoms with Crippen LogP contribution in [0.25, 0.3) is 0 Å². The van der Waals surface area contributed by atoms with Gasteiger partial charge in [-0.25, -0.2) is 4.79 Å². The SMILES string of the molecule is C=C(NC(=O)C(=C)N1Cc2c(cccc2C2CCC(C)(C)CC2)C1=O)C(=O)OC. The Kier molecular flexibility index (Phi) is 5.64. The Bertz CT molecular complexity index is 890. The summed E-state index contributed by atoms with van der Waals surface area (Å²) in [5.41, 5.74) is 2.93. The van der Waals surface area contributed by atoms with Gasteiger partial charge in [0.1, 0.15) is 11.4 Å². The second-order valence-electron chi connectivity index (χ2n) is 8.57. The Hall–Kier alpha value is -2.89. The molecule has 0 spiro atoms. The van der Waals surface area contributed by atoms with Crippen molar-refractivity contribution in [2.45, 2.75) is 52.0 Å². The average molecular weight is 396 g/mol. The zero-order chi connectivity index (χ0) is 21.3. The van der Waals surface area contributed by atoms with Crippen LogP contribution < -0.4 is 5.32 Å². The van der Waals surface area contributed by atoms with Gasteiger partial charge in [0.25, 0.3) is 11.8 Å². The molecule has 0 unspecified atom stereocenters. The van der Waals surface area contributed by atoms with Crippen molar-refractivity contribution in [2.24, 2.45) is 5.41 Å². The van der Waals surface area contributed by atoms with Gasteiger partial charge in [0, 0.05) is 5.56 Å². The topological polar surface area (TPSA) is 75.7 Å². The van der Waals surface area contributed by atoms with E-state index in [4.69, 9.17) is 0 Å². The molecule has 0 radical (unpaired) electrons. The number of hydrogen-bond acceptors (Lipinski definition) is 4. The normalized spacial score (nSPS) is 18.2. The second-order valence-corrected chi connectivity index (χ2v) is 8.57. The fourth-order valence-electron chi connectivity index (χ4n) is 4.17. The van der Waals surface area contributed by atoms with Gasteiger partial charge in [0.2, 0.25) is 0 Å². The first-order valence-corrected chi connectivity index (χ1v) is 9.86. The highest BCUT2D eigenvalue weighted by Crippen LogP contribution is 2.44. The summed E-state index contributed by atoms with van der Waals surface area (Å²) in [7, 11) is 1.20. The van der Waals surface area contributed by atoms with E-state index in [0.29, 0.717) is 23.4 Å². The van der Waals surface area contributed by atoms with E-state index in [9.17, 15) is 14.4 Å². The summed E-state index contributed by atoms with van der Waals surface area (Å²) in [6.07, 6.45) is 4.50. The zero-order valence-electron chi connectivity index (χ0n) is 17.3. The smallest absolute Gasteiger partial charge is 0.353 e. The van der Waals surface area contributed by atoms with Gasteiger partial charge < -0.3 is 10.1 Å². The third-order valence-electron chi connectivity index (χ3n) is 6.07. The van der Waals surface area contributed by atoms with E-state index in [2.05, 4.69) is 43.1 Å². The second kappa shape index (κ2) is 7.85. The number of ether oxygens (including phenoxy) is 1. The number of methoxy groups -OCH3 is 1. The lowest BCUT2D eigenvalue weighted by Crippen LogP contribution is -2.36. The molecule has 3 rings (SSSR count). The van der Waals surface area contributed by atoms with Crippen LogP contribution in [0.3, 0.4) is 0 Å². The first kappa shape index (κ1) is 20.8. The predicted octanol–water partition coefficient (Wildman–Crippen LogP) is 3.64. The molecule has 0 bridgehead atoms. The minimum atomic E-state index is -0.746. The minimum absolute atomic E-state index is 0.0213. The fraction of sp³-hybridized carbons (Fsp3) is 0.435. The van der Waals surface area contributed by atoms with E-state index in [1.807, 2.05) is 6.07 Å². The van der Waals surface area contributed by atoms with Gasteiger partial charge in [-0.1, -0.05) is 39.1 Å². The number of amides is 2. The molecule has 1 aromatic rings. The Morgan fingerprint density at radius 2 is 1.86 bits per heavy atom. The molecule has 1 saturated carbocycles. The Labute approximate surface area is 171 Å². The summed E-state index contributed by atoms with van der Waals surface area (Å²) in [5.74, 6) is -1.22. The monoisotopic (exact) mass is 396 g/mol. The molecule has 0 saturated heterocycles. The average Bonchev–Trinajstić information content (AvgIpc) is 3.03. The van der Waals surface area contributed by atoms with E-state index in [1.54, 1.807) is 6.07 Å². The number of carbonyl (C=O) groups excluding carboxylic acids is 3. The van der Waals surface area contributed by atoms with Crippen molar-refractivity contribution in [2.75, 3.05) is 7.11 Å². The molecule has 154 valence electrons. The van der Waals surface area contributed by atoms with Crippen LogP contribution in [-0.4, -0.2) is 29.8 Å². The van der Waals surface area contributed by atoms with Gasteiger partial charge in [-0.05, 0) is 54.2 Å². The summed E-state index contributed by atoms with van der Waals surface area (Å²) in [4.78, 5) is 38.2. The van der Waals surface area contributed by atoms with Crippen LogP contribution in [0, 0.1) is 5.41 Å². The van der Waals surface area contributed by atoms with Crippen LogP contribution in [0.2, 0.25) is 0 Å². The molecular formula is C23H28N2O4. The number of esters is 1. The van der Waals surface area contributed by atoms with E-state index >= 15 is 0 Å². The summed E-state index contributed by atoms with van der Waals surface area (Å²) in [5, 5.41) is 2.34. The number of fused-ring (bicyclic) bond motifs is 1. The number of nitrogens with zero attached hydrogens (tertiary/aromatic N) is 1. The summed E-state index contributed by atoms with van der Waals surface area (Å²) in [6.45, 7) is 12.1. The highest BCUT2D eigenvalue weighted by Gasteiger charge is 2.36. The van der Waals surface area contributed by atoms with E-state index in [-0.39, 0.29) is 17.3 Å². The molecule has 1 aliphatic carbocycles. The third-order valence-corrected chi connectivity index (χ3v) is 6.07. The first-order valence-electron chi connectivity index (χ1n) is 9.86. The first-order chi connectivity index (χ1) is 13.6. The predicted molar refractivity (Wildman–Crippen MR) is 110 cm³/mol. The van der Waals surface area contributed by atoms with E-state index in [1.165, 1.54) is 17.6 Å². The Morgan fingerprint density at radius 1 is 1.21 bits per heavy atom. The molecule has 1 aliphatic heterocycles. The molecule has 6 heteroatoms. The quantitative estimate of drug-likeness (QED) is 0.609. The number of rotatable bonds is 5. The maximum absolute atomic E-state index is 12.9. The van der Waals surface area contributed by atoms with E-state index in [0.717, 1.165) is 31.2 Å². The Balaban J connectivity index is 1.77. The maximum atomic E-state index is 12.9. The van der Waals surface area contributed by atoms with Crippen LogP contribution in [0.1, 0.15) is 66.9 Å².